The van der Waals surface area contributed by atoms with Crippen LogP contribution in [-0.2, 0) is 6.61 Å². The Bertz CT molecular complexity index is 636. The van der Waals surface area contributed by atoms with E-state index in [-0.39, 0.29) is 18.1 Å². The van der Waals surface area contributed by atoms with Gasteiger partial charge < -0.3 is 19.1 Å². The van der Waals surface area contributed by atoms with E-state index in [1.165, 1.54) is 25.3 Å². The number of aromatic carboxylic acids is 1. The number of ether oxygens (including phenoxy) is 2. The van der Waals surface area contributed by atoms with Crippen LogP contribution in [0.5, 0.6) is 11.5 Å². The molecule has 0 saturated heterocycles. The van der Waals surface area contributed by atoms with E-state index in [2.05, 4.69) is 10.1 Å². The van der Waals surface area contributed by atoms with Gasteiger partial charge in [0.05, 0.1) is 12.7 Å². The summed E-state index contributed by atoms with van der Waals surface area (Å²) in [7, 11) is 1.48. The molecule has 0 radical (unpaired) electrons. The van der Waals surface area contributed by atoms with Crippen LogP contribution in [0, 0.1) is 0 Å². The minimum Gasteiger partial charge on any atom is -0.493 e. The quantitative estimate of drug-likeness (QED) is 0.873. The van der Waals surface area contributed by atoms with Crippen LogP contribution >= 0.6 is 0 Å². The molecule has 1 aromatic heterocycles. The van der Waals surface area contributed by atoms with Crippen molar-refractivity contribution in [2.45, 2.75) is 26.4 Å². The number of carboxylic acids is 1. The van der Waals surface area contributed by atoms with Gasteiger partial charge in [-0.2, -0.15) is 4.98 Å². The molecule has 2 aromatic rings. The van der Waals surface area contributed by atoms with Gasteiger partial charge in [-0.25, -0.2) is 4.79 Å². The fourth-order valence-electron chi connectivity index (χ4n) is 1.62. The fourth-order valence-corrected chi connectivity index (χ4v) is 1.62. The second-order valence-electron chi connectivity index (χ2n) is 4.66. The van der Waals surface area contributed by atoms with Crippen molar-refractivity contribution in [3.8, 4) is 11.5 Å². The third-order valence-corrected chi connectivity index (χ3v) is 2.76. The third-order valence-electron chi connectivity index (χ3n) is 2.76. The molecule has 1 heterocycles. The van der Waals surface area contributed by atoms with Gasteiger partial charge in [0.25, 0.3) is 5.89 Å². The van der Waals surface area contributed by atoms with Gasteiger partial charge in [0.1, 0.15) is 0 Å². The number of carboxylic acid groups (broad SMARTS) is 1. The number of hydrogen-bond donors (Lipinski definition) is 1. The lowest BCUT2D eigenvalue weighted by atomic mass is 10.2. The van der Waals surface area contributed by atoms with Crippen LogP contribution in [0.1, 0.15) is 41.8 Å². The Balaban J connectivity index is 2.14. The van der Waals surface area contributed by atoms with Crippen LogP contribution in [0.25, 0.3) is 0 Å². The van der Waals surface area contributed by atoms with E-state index in [0.29, 0.717) is 23.2 Å². The largest absolute Gasteiger partial charge is 0.493 e. The van der Waals surface area contributed by atoms with Gasteiger partial charge in [0.2, 0.25) is 0 Å². The zero-order chi connectivity index (χ0) is 15.4. The summed E-state index contributed by atoms with van der Waals surface area (Å²) in [6.45, 7) is 3.95. The minimum absolute atomic E-state index is 0.0408. The highest BCUT2D eigenvalue weighted by Gasteiger charge is 2.13. The van der Waals surface area contributed by atoms with E-state index < -0.39 is 5.97 Å². The van der Waals surface area contributed by atoms with Crippen molar-refractivity contribution in [2.75, 3.05) is 7.11 Å². The van der Waals surface area contributed by atoms with Crippen LogP contribution in [0.2, 0.25) is 0 Å². The van der Waals surface area contributed by atoms with Crippen molar-refractivity contribution in [3.05, 3.63) is 35.5 Å². The van der Waals surface area contributed by atoms with Crippen molar-refractivity contribution < 1.29 is 23.9 Å². The molecular formula is C14H16N2O5. The standard InChI is InChI=1S/C14H16N2O5/c1-8(2)13-15-12(21-16-13)7-20-11-6-9(14(17)18)4-5-10(11)19-3/h4-6,8H,7H2,1-3H3,(H,17,18). The van der Waals surface area contributed by atoms with Crippen molar-refractivity contribution in [3.63, 3.8) is 0 Å². The molecule has 1 N–H and O–H groups in total. The maximum absolute atomic E-state index is 11.0. The number of aromatic nitrogens is 2. The molecule has 7 nitrogen and oxygen atoms in total. The highest BCUT2D eigenvalue weighted by molar-refractivity contribution is 5.88. The van der Waals surface area contributed by atoms with Gasteiger partial charge in [-0.3, -0.25) is 0 Å². The predicted octanol–water partition coefficient (Wildman–Crippen LogP) is 2.48. The molecule has 0 saturated carbocycles. The van der Waals surface area contributed by atoms with Crippen molar-refractivity contribution in [1.82, 2.24) is 10.1 Å². The summed E-state index contributed by atoms with van der Waals surface area (Å²) < 4.78 is 15.7. The summed E-state index contributed by atoms with van der Waals surface area (Å²) in [4.78, 5) is 15.1. The Labute approximate surface area is 121 Å². The molecule has 0 fully saturated rings. The summed E-state index contributed by atoms with van der Waals surface area (Å²) in [5, 5.41) is 12.8. The Morgan fingerprint density at radius 3 is 2.71 bits per heavy atom. The normalized spacial score (nSPS) is 10.7. The van der Waals surface area contributed by atoms with Crippen LogP contribution in [0.15, 0.2) is 22.7 Å². The maximum atomic E-state index is 11.0. The number of methoxy groups -OCH3 is 1. The molecule has 2 rings (SSSR count). The first-order valence-corrected chi connectivity index (χ1v) is 6.38. The van der Waals surface area contributed by atoms with Crippen LogP contribution in [0.4, 0.5) is 0 Å². The van der Waals surface area contributed by atoms with Crippen LogP contribution in [-0.4, -0.2) is 28.3 Å². The highest BCUT2D eigenvalue weighted by atomic mass is 16.5. The number of carbonyl (C=O) groups is 1. The average Bonchev–Trinajstić information content (AvgIpc) is 2.93. The van der Waals surface area contributed by atoms with Gasteiger partial charge >= 0.3 is 5.97 Å². The molecule has 0 aliphatic carbocycles. The molecule has 0 aliphatic heterocycles. The van der Waals surface area contributed by atoms with Gasteiger partial charge in [0, 0.05) is 5.92 Å². The first kappa shape index (κ1) is 14.8. The molecule has 7 heteroatoms. The second kappa shape index (κ2) is 6.25. The summed E-state index contributed by atoms with van der Waals surface area (Å²) in [5.41, 5.74) is 0.110. The van der Waals surface area contributed by atoms with E-state index in [1.54, 1.807) is 0 Å². The van der Waals surface area contributed by atoms with E-state index >= 15 is 0 Å². The van der Waals surface area contributed by atoms with Gasteiger partial charge in [-0.15, -0.1) is 0 Å². The molecule has 1 aromatic carbocycles. The second-order valence-corrected chi connectivity index (χ2v) is 4.66. The van der Waals surface area contributed by atoms with E-state index in [0.717, 1.165) is 0 Å². The first-order chi connectivity index (χ1) is 10.0. The minimum atomic E-state index is -1.04. The lowest BCUT2D eigenvalue weighted by Crippen LogP contribution is -2.02. The Kier molecular flexibility index (Phi) is 4.42. The molecule has 0 bridgehead atoms. The molecule has 0 unspecified atom stereocenters. The van der Waals surface area contributed by atoms with E-state index in [1.807, 2.05) is 13.8 Å². The summed E-state index contributed by atoms with van der Waals surface area (Å²) in [6, 6.07) is 4.37. The highest BCUT2D eigenvalue weighted by Crippen LogP contribution is 2.28. The van der Waals surface area contributed by atoms with E-state index in [4.69, 9.17) is 19.1 Å². The molecular weight excluding hydrogens is 276 g/mol. The number of hydrogen-bond acceptors (Lipinski definition) is 6. The van der Waals surface area contributed by atoms with Crippen molar-refractivity contribution >= 4 is 5.97 Å². The van der Waals surface area contributed by atoms with Crippen LogP contribution < -0.4 is 9.47 Å². The lowest BCUT2D eigenvalue weighted by molar-refractivity contribution is 0.0696. The average molecular weight is 292 g/mol. The summed E-state index contributed by atoms with van der Waals surface area (Å²) in [5.74, 6) is 0.779. The van der Waals surface area contributed by atoms with Crippen LogP contribution in [0.3, 0.4) is 0 Å². The summed E-state index contributed by atoms with van der Waals surface area (Å²) in [6.07, 6.45) is 0. The molecule has 0 spiro atoms. The fraction of sp³-hybridized carbons (Fsp3) is 0.357. The number of benzene rings is 1. The van der Waals surface area contributed by atoms with E-state index in [9.17, 15) is 4.79 Å². The molecule has 0 atom stereocenters. The summed E-state index contributed by atoms with van der Waals surface area (Å²) >= 11 is 0. The molecule has 0 aliphatic rings. The van der Waals surface area contributed by atoms with Gasteiger partial charge in [0.15, 0.2) is 23.9 Å². The topological polar surface area (TPSA) is 94.7 Å². The van der Waals surface area contributed by atoms with Gasteiger partial charge in [-0.05, 0) is 18.2 Å². The third kappa shape index (κ3) is 3.50. The monoisotopic (exact) mass is 292 g/mol. The molecule has 112 valence electrons. The first-order valence-electron chi connectivity index (χ1n) is 6.38. The Morgan fingerprint density at radius 2 is 2.14 bits per heavy atom. The van der Waals surface area contributed by atoms with Crippen molar-refractivity contribution in [2.24, 2.45) is 0 Å². The number of rotatable bonds is 6. The lowest BCUT2D eigenvalue weighted by Gasteiger charge is -2.09. The smallest absolute Gasteiger partial charge is 0.335 e. The maximum Gasteiger partial charge on any atom is 0.335 e. The zero-order valence-corrected chi connectivity index (χ0v) is 12.0. The molecule has 0 amide bonds. The van der Waals surface area contributed by atoms with Gasteiger partial charge in [-0.1, -0.05) is 19.0 Å². The Hall–Kier alpha value is -2.57. The molecule has 21 heavy (non-hydrogen) atoms. The predicted molar refractivity (Wildman–Crippen MR) is 72.7 cm³/mol. The Morgan fingerprint density at radius 1 is 1.38 bits per heavy atom. The van der Waals surface area contributed by atoms with Crippen molar-refractivity contribution in [1.29, 1.82) is 0 Å². The number of nitrogens with zero attached hydrogens (tertiary/aromatic N) is 2. The SMILES string of the molecule is COc1ccc(C(=O)O)cc1OCc1nc(C(C)C)no1. The zero-order valence-electron chi connectivity index (χ0n) is 12.0.